The van der Waals surface area contributed by atoms with Crippen LogP contribution in [0, 0.1) is 34.0 Å². The molecule has 24 nitrogen and oxygen atoms in total. The number of nitrogen functional groups attached to an aromatic ring is 1. The van der Waals surface area contributed by atoms with Crippen molar-refractivity contribution >= 4 is 115 Å². The Bertz CT molecular complexity index is 4030. The van der Waals surface area contributed by atoms with E-state index >= 15 is 0 Å². The highest BCUT2D eigenvalue weighted by Crippen LogP contribution is 2.24. The zero-order valence-corrected chi connectivity index (χ0v) is 49.0. The summed E-state index contributed by atoms with van der Waals surface area (Å²) in [5, 5.41) is 68.4. The number of anilines is 5. The van der Waals surface area contributed by atoms with Crippen LogP contribution in [-0.4, -0.2) is 67.5 Å². The van der Waals surface area contributed by atoms with Crippen molar-refractivity contribution in [3.63, 3.8) is 0 Å². The summed E-state index contributed by atoms with van der Waals surface area (Å²) in [6.07, 6.45) is 4.61. The first-order chi connectivity index (χ1) is 41.5. The molecule has 0 spiro atoms. The number of nitrogens with two attached hydrogens (primary N) is 3. The van der Waals surface area contributed by atoms with Gasteiger partial charge in [-0.1, -0.05) is 91.2 Å². The Morgan fingerprint density at radius 1 is 0.471 bits per heavy atom. The van der Waals surface area contributed by atoms with E-state index in [1.807, 2.05) is 18.2 Å². The Hall–Kier alpha value is -10.7. The first kappa shape index (κ1) is 67.1. The van der Waals surface area contributed by atoms with Gasteiger partial charge in [-0.3, -0.25) is 4.98 Å². The van der Waals surface area contributed by atoms with Crippen LogP contribution >= 0.6 is 73.9 Å². The molecule has 30 heteroatoms. The molecule has 5 aromatic carbocycles. The molecule has 11 aromatic rings. The number of benzene rings is 5. The van der Waals surface area contributed by atoms with Crippen molar-refractivity contribution in [3.8, 4) is 52.4 Å². The fraction of sp³-hybridized carbons (Fsp3) is 0.0175. The second-order valence-corrected chi connectivity index (χ2v) is 19.2. The Morgan fingerprint density at radius 3 is 1.22 bits per heavy atom. The largest absolute Gasteiger partial charge is 0.409 e. The molecule has 0 saturated heterocycles. The standard InChI is InChI=1S/C14H11ClN6O2.C14H8ClN5O.C8H6ClN3O.C7H7ClN2O.C7H4ClN.C6H3BrN2.CH4/c15-9-3-1-8(2-4-9)13-19-14(23-21-13)18-10-5-6-11(17-7-10)12(16)20-22;15-10-3-1-9(2-4-10)13-19-14(21-20-13)18-12-6-5-11(7-16)17-8-12;9-6-3-1-5(2-4-6)7-11-8(10)13-12-7;8-6-3-1-5(2-4-6)7(9)10-11;8-7-3-1-6(5-9)2-4-7;7-5-1-2-6(3-8)9-4-5;/h1-7,22H,(H2,16,20)(H,18,19,21);1-6,8H,(H,18,19,20);1-4H,(H2,10,11,12);1-4,11H,(H2,9,10);1-4H;1-2,4H;1H4. The van der Waals surface area contributed by atoms with E-state index in [9.17, 15) is 0 Å². The topological polar surface area (TPSA) is 394 Å². The van der Waals surface area contributed by atoms with Gasteiger partial charge in [-0.15, -0.1) is 0 Å². The summed E-state index contributed by atoms with van der Waals surface area (Å²) in [6.45, 7) is 0. The Kier molecular flexibility index (Phi) is 26.8. The molecule has 6 aromatic heterocycles. The number of nitrogens with one attached hydrogen (secondary N) is 2. The Balaban J connectivity index is 0.000000198. The second kappa shape index (κ2) is 34.8. The highest BCUT2D eigenvalue weighted by molar-refractivity contribution is 9.10. The summed E-state index contributed by atoms with van der Waals surface area (Å²) in [4.78, 5) is 24.1. The molecule has 0 aliphatic heterocycles. The van der Waals surface area contributed by atoms with Crippen LogP contribution in [0.5, 0.6) is 0 Å². The van der Waals surface area contributed by atoms with Crippen molar-refractivity contribution in [3.05, 3.63) is 234 Å². The molecule has 0 radical (unpaired) electrons. The number of nitrogens with zero attached hydrogens (tertiary/aromatic N) is 14. The number of oxime groups is 2. The normalized spacial score (nSPS) is 10.2. The molecule has 0 aliphatic rings. The molecule has 438 valence electrons. The minimum Gasteiger partial charge on any atom is -0.409 e. The van der Waals surface area contributed by atoms with E-state index in [1.165, 1.54) is 12.4 Å². The molecule has 0 aliphatic carbocycles. The van der Waals surface area contributed by atoms with Crippen LogP contribution in [0.1, 0.15) is 35.6 Å². The van der Waals surface area contributed by atoms with Crippen LogP contribution in [-0.2, 0) is 0 Å². The molecule has 0 unspecified atom stereocenters. The first-order valence-corrected chi connectivity index (χ1v) is 26.5. The van der Waals surface area contributed by atoms with Crippen LogP contribution in [0.3, 0.4) is 0 Å². The summed E-state index contributed by atoms with van der Waals surface area (Å²) in [6, 6.07) is 51.2. The maximum absolute atomic E-state index is 8.68. The van der Waals surface area contributed by atoms with Gasteiger partial charge in [-0.05, 0) is 174 Å². The van der Waals surface area contributed by atoms with E-state index in [1.54, 1.807) is 164 Å². The highest BCUT2D eigenvalue weighted by Gasteiger charge is 2.12. The lowest BCUT2D eigenvalue weighted by molar-refractivity contribution is 0.318. The lowest BCUT2D eigenvalue weighted by Gasteiger charge is -2.01. The number of amidine groups is 2. The third-order valence-electron chi connectivity index (χ3n) is 10.2. The number of halogens is 6. The number of aromatic nitrogens is 9. The number of hydrogen-bond donors (Lipinski definition) is 7. The lowest BCUT2D eigenvalue weighted by Crippen LogP contribution is -2.14. The molecule has 10 N–H and O–H groups in total. The first-order valence-electron chi connectivity index (χ1n) is 23.8. The van der Waals surface area contributed by atoms with Gasteiger partial charge in [0.15, 0.2) is 11.7 Å². The van der Waals surface area contributed by atoms with E-state index in [4.69, 9.17) is 110 Å². The van der Waals surface area contributed by atoms with E-state index in [0.717, 1.165) is 21.2 Å². The molecular weight excluding hydrogens is 1290 g/mol. The molecule has 6 heterocycles. The summed E-state index contributed by atoms with van der Waals surface area (Å²) in [5.74, 6) is 1.37. The van der Waals surface area contributed by atoms with E-state index < -0.39 is 0 Å². The molecule has 0 atom stereocenters. The highest BCUT2D eigenvalue weighted by atomic mass is 79.9. The predicted molar refractivity (Wildman–Crippen MR) is 334 cm³/mol. The van der Waals surface area contributed by atoms with Gasteiger partial charge in [0.05, 0.1) is 35.4 Å². The maximum atomic E-state index is 8.68. The van der Waals surface area contributed by atoms with E-state index in [-0.39, 0.29) is 37.1 Å². The zero-order chi connectivity index (χ0) is 61.8. The van der Waals surface area contributed by atoms with Gasteiger partial charge in [0.25, 0.3) is 0 Å². The smallest absolute Gasteiger partial charge is 0.326 e. The zero-order valence-electron chi connectivity index (χ0n) is 43.6. The minimum atomic E-state index is -0.0700. The van der Waals surface area contributed by atoms with Crippen molar-refractivity contribution < 1.29 is 24.0 Å². The molecule has 11 rings (SSSR count). The second-order valence-electron chi connectivity index (χ2n) is 16.1. The van der Waals surface area contributed by atoms with E-state index in [2.05, 4.69) is 86.8 Å². The van der Waals surface area contributed by atoms with Crippen molar-refractivity contribution in [2.24, 2.45) is 21.8 Å². The predicted octanol–water partition coefficient (Wildman–Crippen LogP) is 14.0. The van der Waals surface area contributed by atoms with Crippen molar-refractivity contribution in [1.29, 1.82) is 15.8 Å². The number of pyridine rings is 3. The average Bonchev–Trinajstić information content (AvgIpc) is 4.53. The third-order valence-corrected chi connectivity index (χ3v) is 11.9. The minimum absolute atomic E-state index is 0. The van der Waals surface area contributed by atoms with Gasteiger partial charge in [-0.25, -0.2) is 9.97 Å². The summed E-state index contributed by atoms with van der Waals surface area (Å²) in [7, 11) is 0. The molecule has 0 amide bonds. The third kappa shape index (κ3) is 22.4. The molecule has 0 bridgehead atoms. The SMILES string of the molecule is C.N#Cc1ccc(Br)cn1.N#Cc1ccc(Cl)cc1.N#Cc1ccc(Nc2nc(-c3ccc(Cl)cc3)no2)cn1.N/C(=N\O)c1ccc(Cl)cc1.N/C(=N\O)c1ccc(Nc2nc(-c3ccc(Cl)cc3)no2)cn1.Nc1nc(-c2ccc(Cl)cc2)no1. The molecule has 87 heavy (non-hydrogen) atoms. The number of nitriles is 3. The van der Waals surface area contributed by atoms with Crippen LogP contribution in [0.25, 0.3) is 34.2 Å². The van der Waals surface area contributed by atoms with E-state index in [0.29, 0.717) is 82.2 Å². The van der Waals surface area contributed by atoms with Gasteiger partial charge < -0.3 is 51.8 Å². The van der Waals surface area contributed by atoms with Gasteiger partial charge in [-0.2, -0.15) is 30.7 Å². The molecular formula is C57H43BrCl5N19O5. The van der Waals surface area contributed by atoms with Gasteiger partial charge >= 0.3 is 18.0 Å². The summed E-state index contributed by atoms with van der Waals surface area (Å²) < 4.78 is 15.8. The quantitative estimate of drug-likeness (QED) is 0.0305. The molecule has 0 fully saturated rings. The van der Waals surface area contributed by atoms with Gasteiger partial charge in [0.2, 0.25) is 17.5 Å². The summed E-state index contributed by atoms with van der Waals surface area (Å²) >= 11 is 31.8. The van der Waals surface area contributed by atoms with Crippen LogP contribution < -0.4 is 27.8 Å². The lowest BCUT2D eigenvalue weighted by atomic mass is 10.2. The fourth-order valence-corrected chi connectivity index (χ4v) is 6.89. The Morgan fingerprint density at radius 2 is 0.862 bits per heavy atom. The van der Waals surface area contributed by atoms with Gasteiger partial charge in [0.1, 0.15) is 29.2 Å². The van der Waals surface area contributed by atoms with Crippen LogP contribution in [0.2, 0.25) is 25.1 Å². The molecule has 0 saturated carbocycles. The number of rotatable bonds is 9. The van der Waals surface area contributed by atoms with Crippen LogP contribution in [0.15, 0.2) is 205 Å². The van der Waals surface area contributed by atoms with Crippen LogP contribution in [0.4, 0.5) is 29.4 Å². The number of hydrogen-bond acceptors (Lipinski definition) is 22. The monoisotopic (exact) mass is 1330 g/mol. The fourth-order valence-electron chi connectivity index (χ4n) is 6.03. The van der Waals surface area contributed by atoms with Crippen molar-refractivity contribution in [1.82, 2.24) is 45.4 Å². The average molecular weight is 1330 g/mol. The van der Waals surface area contributed by atoms with Gasteiger partial charge in [0, 0.05) is 58.0 Å². The van der Waals surface area contributed by atoms with Crippen molar-refractivity contribution in [2.45, 2.75) is 7.43 Å². The summed E-state index contributed by atoms with van der Waals surface area (Å²) in [5.41, 5.74) is 22.1. The Labute approximate surface area is 528 Å². The maximum Gasteiger partial charge on any atom is 0.326 e. The van der Waals surface area contributed by atoms with Crippen molar-refractivity contribution in [2.75, 3.05) is 16.4 Å².